The van der Waals surface area contributed by atoms with Gasteiger partial charge >= 0.3 is 12.3 Å². The van der Waals surface area contributed by atoms with E-state index in [-0.39, 0.29) is 74.1 Å². The van der Waals surface area contributed by atoms with Crippen LogP contribution < -0.4 is 9.46 Å². The second-order valence-corrected chi connectivity index (χ2v) is 13.7. The first-order valence-corrected chi connectivity index (χ1v) is 16.0. The number of aromatic nitrogens is 5. The monoisotopic (exact) mass is 689 g/mol. The van der Waals surface area contributed by atoms with Crippen LogP contribution in [0.25, 0.3) is 5.82 Å². The number of carbonyl (C=O) groups is 2. The van der Waals surface area contributed by atoms with Gasteiger partial charge in [0.05, 0.1) is 43.4 Å². The smallest absolute Gasteiger partial charge is 0.407 e. The molecule has 5 rings (SSSR count). The van der Waals surface area contributed by atoms with Gasteiger partial charge < -0.3 is 19.5 Å². The summed E-state index contributed by atoms with van der Waals surface area (Å²) in [7, 11) is -4.39. The van der Waals surface area contributed by atoms with Crippen molar-refractivity contribution in [1.82, 2.24) is 34.2 Å². The third-order valence-electron chi connectivity index (χ3n) is 8.03. The lowest BCUT2D eigenvalue weighted by Gasteiger charge is -2.27. The van der Waals surface area contributed by atoms with Crippen molar-refractivity contribution in [3.8, 4) is 11.7 Å². The predicted octanol–water partition coefficient (Wildman–Crippen LogP) is 3.89. The standard InChI is InChI=1S/C27H31ClF3N7O7S/c1-25(2)15-17(16-37(25)24(40)41)44-14-12-36-10-6-21(34-36)46(42,43)35-23(39)18-3-4-19(32-22(18)28)38-11-5-20(33-38)45-13-9-26(7-8-26)27(29,30)31/h3-6,10-11,17H,7-9,12-16H2,1-2H3,(H,35,39)(H,40,41). The zero-order chi connectivity index (χ0) is 33.5. The first-order chi connectivity index (χ1) is 21.5. The molecule has 1 aliphatic carbocycles. The SMILES string of the molecule is CC1(C)CC(OCCn2ccc(S(=O)(=O)NC(=O)c3ccc(-n4ccc(OCCC5(C(F)(F)F)CC5)n4)nc3Cl)n2)CN1C(=O)O. The summed E-state index contributed by atoms with van der Waals surface area (Å²) in [4.78, 5) is 29.6. The summed E-state index contributed by atoms with van der Waals surface area (Å²) in [6.07, 6.45) is -2.29. The summed E-state index contributed by atoms with van der Waals surface area (Å²) in [6, 6.07) is 5.23. The molecule has 1 atom stereocenters. The molecule has 250 valence electrons. The van der Waals surface area contributed by atoms with Gasteiger partial charge in [0, 0.05) is 24.0 Å². The third kappa shape index (κ3) is 7.23. The van der Waals surface area contributed by atoms with E-state index in [0.717, 1.165) is 0 Å². The Bertz CT molecular complexity index is 1720. The first-order valence-electron chi connectivity index (χ1n) is 14.1. The number of amides is 2. The molecule has 1 saturated heterocycles. The number of carboxylic acid groups (broad SMARTS) is 1. The minimum atomic E-state index is -4.39. The highest BCUT2D eigenvalue weighted by Crippen LogP contribution is 2.59. The van der Waals surface area contributed by atoms with Crippen molar-refractivity contribution in [3.05, 3.63) is 47.4 Å². The fourth-order valence-corrected chi connectivity index (χ4v) is 6.34. The molecule has 1 aliphatic heterocycles. The van der Waals surface area contributed by atoms with Crippen molar-refractivity contribution >= 4 is 33.6 Å². The Morgan fingerprint density at radius 1 is 1.13 bits per heavy atom. The molecule has 46 heavy (non-hydrogen) atoms. The van der Waals surface area contributed by atoms with Crippen LogP contribution in [-0.4, -0.2) is 92.5 Å². The van der Waals surface area contributed by atoms with Gasteiger partial charge in [-0.2, -0.15) is 26.7 Å². The van der Waals surface area contributed by atoms with Gasteiger partial charge in [0.2, 0.25) is 5.88 Å². The number of ether oxygens (including phenoxy) is 2. The fraction of sp³-hybridized carbons (Fsp3) is 0.519. The number of likely N-dealkylation sites (tertiary alicyclic amines) is 1. The molecular formula is C27H31ClF3N7O7S. The van der Waals surface area contributed by atoms with Gasteiger partial charge in [-0.05, 0) is 57.7 Å². The molecule has 0 aromatic carbocycles. The Labute approximate surface area is 266 Å². The zero-order valence-corrected chi connectivity index (χ0v) is 26.3. The van der Waals surface area contributed by atoms with Crippen LogP contribution >= 0.6 is 11.6 Å². The molecule has 3 aromatic heterocycles. The Morgan fingerprint density at radius 3 is 2.50 bits per heavy atom. The number of hydrogen-bond acceptors (Lipinski definition) is 9. The van der Waals surface area contributed by atoms with E-state index in [1.54, 1.807) is 0 Å². The minimum Gasteiger partial charge on any atom is -0.477 e. The second-order valence-electron chi connectivity index (χ2n) is 11.7. The number of hydrogen-bond donors (Lipinski definition) is 2. The highest BCUT2D eigenvalue weighted by Gasteiger charge is 2.62. The third-order valence-corrected chi connectivity index (χ3v) is 9.54. The number of nitrogens with zero attached hydrogens (tertiary/aromatic N) is 6. The van der Waals surface area contributed by atoms with Crippen LogP contribution in [0.3, 0.4) is 0 Å². The van der Waals surface area contributed by atoms with Crippen LogP contribution in [0.2, 0.25) is 5.15 Å². The first kappa shape index (κ1) is 33.5. The van der Waals surface area contributed by atoms with E-state index >= 15 is 0 Å². The van der Waals surface area contributed by atoms with Gasteiger partial charge in [0.1, 0.15) is 5.15 Å². The van der Waals surface area contributed by atoms with Crippen LogP contribution in [-0.2, 0) is 21.3 Å². The normalized spacial score (nSPS) is 18.8. The lowest BCUT2D eigenvalue weighted by Crippen LogP contribution is -2.41. The number of nitrogens with one attached hydrogen (secondary N) is 1. The molecule has 2 amide bonds. The molecule has 19 heteroatoms. The van der Waals surface area contributed by atoms with E-state index in [4.69, 9.17) is 21.1 Å². The molecule has 1 unspecified atom stereocenters. The molecule has 3 aromatic rings. The number of alkyl halides is 3. The van der Waals surface area contributed by atoms with Crippen LogP contribution in [0.5, 0.6) is 5.88 Å². The van der Waals surface area contributed by atoms with Gasteiger partial charge in [0.25, 0.3) is 15.9 Å². The number of rotatable bonds is 12. The molecule has 2 fully saturated rings. The maximum Gasteiger partial charge on any atom is 0.407 e. The second kappa shape index (κ2) is 12.4. The number of sulfonamides is 1. The highest BCUT2D eigenvalue weighted by atomic mass is 35.5. The van der Waals surface area contributed by atoms with Gasteiger partial charge in [-0.1, -0.05) is 11.6 Å². The maximum absolute atomic E-state index is 13.1. The van der Waals surface area contributed by atoms with E-state index in [2.05, 4.69) is 15.2 Å². The Kier molecular flexibility index (Phi) is 9.00. The summed E-state index contributed by atoms with van der Waals surface area (Å²) >= 11 is 6.18. The predicted molar refractivity (Wildman–Crippen MR) is 154 cm³/mol. The van der Waals surface area contributed by atoms with E-state index < -0.39 is 44.2 Å². The summed E-state index contributed by atoms with van der Waals surface area (Å²) in [5, 5.41) is 16.7. The maximum atomic E-state index is 13.1. The molecule has 1 saturated carbocycles. The van der Waals surface area contributed by atoms with Crippen molar-refractivity contribution in [2.45, 2.75) is 68.9 Å². The molecule has 0 spiro atoms. The van der Waals surface area contributed by atoms with Crippen LogP contribution in [0.1, 0.15) is 49.9 Å². The van der Waals surface area contributed by atoms with Crippen molar-refractivity contribution in [2.24, 2.45) is 5.41 Å². The van der Waals surface area contributed by atoms with Gasteiger partial charge in [-0.25, -0.2) is 19.2 Å². The minimum absolute atomic E-state index is 0.0714. The number of pyridine rings is 1. The average Bonchev–Trinajstić information content (AvgIpc) is 3.26. The van der Waals surface area contributed by atoms with Gasteiger partial charge in [-0.3, -0.25) is 9.48 Å². The quantitative estimate of drug-likeness (QED) is 0.266. The van der Waals surface area contributed by atoms with Crippen LogP contribution in [0.4, 0.5) is 18.0 Å². The van der Waals surface area contributed by atoms with E-state index in [9.17, 15) is 36.3 Å². The average molecular weight is 690 g/mol. The fourth-order valence-electron chi connectivity index (χ4n) is 5.19. The summed E-state index contributed by atoms with van der Waals surface area (Å²) < 4.78 is 80.6. The lowest BCUT2D eigenvalue weighted by atomic mass is 10.0. The molecule has 0 radical (unpaired) electrons. The van der Waals surface area contributed by atoms with Gasteiger partial charge in [0.15, 0.2) is 10.8 Å². The molecule has 0 bridgehead atoms. The summed E-state index contributed by atoms with van der Waals surface area (Å²) in [5.74, 6) is -0.843. The largest absolute Gasteiger partial charge is 0.477 e. The summed E-state index contributed by atoms with van der Waals surface area (Å²) in [5.41, 5.74) is -2.50. The van der Waals surface area contributed by atoms with Crippen molar-refractivity contribution in [3.63, 3.8) is 0 Å². The molecule has 2 N–H and O–H groups in total. The van der Waals surface area contributed by atoms with Crippen LogP contribution in [0.15, 0.2) is 41.7 Å². The molecule has 14 nitrogen and oxygen atoms in total. The Hall–Kier alpha value is -3.90. The van der Waals surface area contributed by atoms with E-state index in [0.29, 0.717) is 6.42 Å². The topological polar surface area (TPSA) is 171 Å². The van der Waals surface area contributed by atoms with E-state index in [1.165, 1.54) is 50.9 Å². The van der Waals surface area contributed by atoms with Crippen molar-refractivity contribution < 1.29 is 45.8 Å². The van der Waals surface area contributed by atoms with E-state index in [1.807, 2.05) is 18.6 Å². The van der Waals surface area contributed by atoms with Crippen molar-refractivity contribution in [1.29, 1.82) is 0 Å². The molecular weight excluding hydrogens is 659 g/mol. The zero-order valence-electron chi connectivity index (χ0n) is 24.7. The highest BCUT2D eigenvalue weighted by molar-refractivity contribution is 7.90. The van der Waals surface area contributed by atoms with Crippen molar-refractivity contribution in [2.75, 3.05) is 19.8 Å². The Morgan fingerprint density at radius 2 is 1.87 bits per heavy atom. The summed E-state index contributed by atoms with van der Waals surface area (Å²) in [6.45, 7) is 4.00. The molecule has 2 aliphatic rings. The van der Waals surface area contributed by atoms with Gasteiger partial charge in [-0.15, -0.1) is 5.10 Å². The Balaban J connectivity index is 1.13. The number of carbonyl (C=O) groups excluding carboxylic acids is 1. The number of halogens is 4. The lowest BCUT2D eigenvalue weighted by molar-refractivity contribution is -0.190. The van der Waals surface area contributed by atoms with Crippen LogP contribution in [0, 0.1) is 5.41 Å². The molecule has 4 heterocycles.